The molecule has 0 radical (unpaired) electrons. The first-order valence-corrected chi connectivity index (χ1v) is 12.7. The van der Waals surface area contributed by atoms with Gasteiger partial charge in [-0.05, 0) is 44.4 Å². The van der Waals surface area contributed by atoms with E-state index < -0.39 is 11.6 Å². The number of halogens is 2. The van der Waals surface area contributed by atoms with E-state index in [1.165, 1.54) is 6.07 Å². The maximum atomic E-state index is 14.0. The number of benzene rings is 2. The molecule has 1 N–H and O–H groups in total. The third-order valence-electron chi connectivity index (χ3n) is 6.79. The van der Waals surface area contributed by atoms with Crippen LogP contribution < -0.4 is 5.32 Å². The van der Waals surface area contributed by atoms with Gasteiger partial charge < -0.3 is 10.2 Å². The van der Waals surface area contributed by atoms with Crippen LogP contribution in [-0.4, -0.2) is 39.8 Å². The highest BCUT2D eigenvalue weighted by molar-refractivity contribution is 5.95. The van der Waals surface area contributed by atoms with Gasteiger partial charge >= 0.3 is 0 Å². The molecule has 0 spiro atoms. The first kappa shape index (κ1) is 26.4. The minimum Gasteiger partial charge on any atom is -0.348 e. The van der Waals surface area contributed by atoms with E-state index in [0.717, 1.165) is 28.8 Å². The Balaban J connectivity index is 1.44. The molecule has 0 bridgehead atoms. The van der Waals surface area contributed by atoms with Gasteiger partial charge in [0.05, 0.1) is 17.7 Å². The van der Waals surface area contributed by atoms with Crippen molar-refractivity contribution in [2.24, 2.45) is 0 Å². The third kappa shape index (κ3) is 6.37. The number of piperidine rings is 1. The molecule has 2 heterocycles. The number of nitrogens with zero attached hydrogens (tertiary/aromatic N) is 3. The van der Waals surface area contributed by atoms with Crippen LogP contribution >= 0.6 is 0 Å². The summed E-state index contributed by atoms with van der Waals surface area (Å²) in [5.74, 6) is -1.34. The molecular weight excluding hydrogens is 474 g/mol. The van der Waals surface area contributed by atoms with E-state index >= 15 is 0 Å². The fourth-order valence-corrected chi connectivity index (χ4v) is 4.91. The molecule has 6 nitrogen and oxygen atoms in total. The number of carbonyl (C=O) groups excluding carboxylic acids is 2. The second-order valence-corrected chi connectivity index (χ2v) is 9.65. The number of rotatable bonds is 7. The molecule has 4 rings (SSSR count). The molecule has 1 fully saturated rings. The molecule has 2 amide bonds. The number of nitrogens with one attached hydrogen (secondary N) is 1. The fraction of sp³-hybridized carbons (Fsp3) is 0.379. The summed E-state index contributed by atoms with van der Waals surface area (Å²) in [5, 5.41) is 3.00. The SMILES string of the molecule is CCc1ncc(C(=O)NCc2cc(C)cc(C)c2)c(C2CCN(C(=O)Cc3c(F)cccc3F)CC2)n1. The van der Waals surface area contributed by atoms with Crippen LogP contribution in [0.3, 0.4) is 0 Å². The summed E-state index contributed by atoms with van der Waals surface area (Å²) >= 11 is 0. The first-order chi connectivity index (χ1) is 17.7. The number of hydrogen-bond donors (Lipinski definition) is 1. The molecular formula is C29H32F2N4O2. The third-order valence-corrected chi connectivity index (χ3v) is 6.79. The molecule has 1 aliphatic heterocycles. The van der Waals surface area contributed by atoms with E-state index in [1.54, 1.807) is 11.1 Å². The molecule has 1 aromatic heterocycles. The van der Waals surface area contributed by atoms with Crippen molar-refractivity contribution in [2.45, 2.75) is 58.9 Å². The van der Waals surface area contributed by atoms with Gasteiger partial charge in [-0.2, -0.15) is 0 Å². The number of hydrogen-bond acceptors (Lipinski definition) is 4. The first-order valence-electron chi connectivity index (χ1n) is 12.7. The van der Waals surface area contributed by atoms with Crippen LogP contribution in [0.15, 0.2) is 42.6 Å². The van der Waals surface area contributed by atoms with Crippen molar-refractivity contribution in [1.29, 1.82) is 0 Å². The van der Waals surface area contributed by atoms with E-state index in [2.05, 4.69) is 16.4 Å². The Bertz CT molecular complexity index is 1260. The molecule has 3 aromatic rings. The molecule has 0 aliphatic carbocycles. The molecule has 1 aliphatic rings. The standard InChI is InChI=1S/C29H32F2N4O2/c1-4-26-32-17-23(29(37)33-16-20-13-18(2)12-19(3)14-20)28(34-26)21-8-10-35(11-9-21)27(36)15-22-24(30)6-5-7-25(22)31/h5-7,12-14,17,21H,4,8-11,15-16H2,1-3H3,(H,33,37). The second-order valence-electron chi connectivity index (χ2n) is 9.65. The summed E-state index contributed by atoms with van der Waals surface area (Å²) in [7, 11) is 0. The largest absolute Gasteiger partial charge is 0.348 e. The van der Waals surface area contributed by atoms with Crippen molar-refractivity contribution in [3.8, 4) is 0 Å². The maximum absolute atomic E-state index is 14.0. The average molecular weight is 507 g/mol. The highest BCUT2D eigenvalue weighted by Crippen LogP contribution is 2.30. The normalized spacial score (nSPS) is 14.0. The van der Waals surface area contributed by atoms with Crippen LogP contribution in [0.5, 0.6) is 0 Å². The van der Waals surface area contributed by atoms with Crippen molar-refractivity contribution < 1.29 is 18.4 Å². The Morgan fingerprint density at radius 3 is 2.32 bits per heavy atom. The summed E-state index contributed by atoms with van der Waals surface area (Å²) in [6.07, 6.45) is 3.12. The van der Waals surface area contributed by atoms with E-state index in [0.29, 0.717) is 56.0 Å². The Kier molecular flexibility index (Phi) is 8.26. The van der Waals surface area contributed by atoms with Gasteiger partial charge in [0.25, 0.3) is 5.91 Å². The molecule has 2 aromatic carbocycles. The van der Waals surface area contributed by atoms with Crippen LogP contribution in [0.2, 0.25) is 0 Å². The summed E-state index contributed by atoms with van der Waals surface area (Å²) in [5.41, 5.74) is 4.23. The molecule has 1 saturated heterocycles. The quantitative estimate of drug-likeness (QED) is 0.499. The number of amides is 2. The van der Waals surface area contributed by atoms with Crippen LogP contribution in [-0.2, 0) is 24.2 Å². The van der Waals surface area contributed by atoms with Gasteiger partial charge in [0.1, 0.15) is 17.5 Å². The zero-order chi connectivity index (χ0) is 26.5. The van der Waals surface area contributed by atoms with Gasteiger partial charge in [-0.25, -0.2) is 18.7 Å². The number of carbonyl (C=O) groups is 2. The van der Waals surface area contributed by atoms with E-state index in [4.69, 9.17) is 4.98 Å². The molecule has 0 unspecified atom stereocenters. The predicted molar refractivity (Wildman–Crippen MR) is 137 cm³/mol. The monoisotopic (exact) mass is 506 g/mol. The van der Waals surface area contributed by atoms with Gasteiger partial charge in [-0.1, -0.05) is 42.3 Å². The van der Waals surface area contributed by atoms with Crippen LogP contribution in [0, 0.1) is 25.5 Å². The van der Waals surface area contributed by atoms with Crippen molar-refractivity contribution in [1.82, 2.24) is 20.2 Å². The fourth-order valence-electron chi connectivity index (χ4n) is 4.91. The Morgan fingerprint density at radius 2 is 1.70 bits per heavy atom. The Morgan fingerprint density at radius 1 is 1.05 bits per heavy atom. The summed E-state index contributed by atoms with van der Waals surface area (Å²) in [6.45, 7) is 7.26. The lowest BCUT2D eigenvalue weighted by molar-refractivity contribution is -0.131. The van der Waals surface area contributed by atoms with Crippen molar-refractivity contribution in [3.05, 3.63) is 93.6 Å². The summed E-state index contributed by atoms with van der Waals surface area (Å²) in [4.78, 5) is 36.6. The average Bonchev–Trinajstić information content (AvgIpc) is 2.88. The molecule has 37 heavy (non-hydrogen) atoms. The van der Waals surface area contributed by atoms with Crippen LogP contribution in [0.1, 0.15) is 69.8 Å². The zero-order valence-corrected chi connectivity index (χ0v) is 21.5. The topological polar surface area (TPSA) is 75.2 Å². The van der Waals surface area contributed by atoms with Crippen molar-refractivity contribution in [2.75, 3.05) is 13.1 Å². The summed E-state index contributed by atoms with van der Waals surface area (Å²) in [6, 6.07) is 9.78. The molecule has 0 atom stereocenters. The number of likely N-dealkylation sites (tertiary alicyclic amines) is 1. The second kappa shape index (κ2) is 11.6. The number of aromatic nitrogens is 2. The predicted octanol–water partition coefficient (Wildman–Crippen LogP) is 4.81. The van der Waals surface area contributed by atoms with Gasteiger partial charge in [-0.15, -0.1) is 0 Å². The van der Waals surface area contributed by atoms with E-state index in [9.17, 15) is 18.4 Å². The van der Waals surface area contributed by atoms with Crippen LogP contribution in [0.4, 0.5) is 8.78 Å². The van der Waals surface area contributed by atoms with Gasteiger partial charge in [0.15, 0.2) is 0 Å². The van der Waals surface area contributed by atoms with E-state index in [1.807, 2.05) is 32.9 Å². The molecule has 8 heteroatoms. The van der Waals surface area contributed by atoms with Crippen molar-refractivity contribution >= 4 is 11.8 Å². The van der Waals surface area contributed by atoms with Crippen molar-refractivity contribution in [3.63, 3.8) is 0 Å². The lowest BCUT2D eigenvalue weighted by Gasteiger charge is -2.32. The lowest BCUT2D eigenvalue weighted by Crippen LogP contribution is -2.39. The minimum atomic E-state index is -0.715. The smallest absolute Gasteiger partial charge is 0.254 e. The van der Waals surface area contributed by atoms with Gasteiger partial charge in [0, 0.05) is 43.7 Å². The minimum absolute atomic E-state index is 0.0236. The van der Waals surface area contributed by atoms with Gasteiger partial charge in [0.2, 0.25) is 5.91 Å². The molecule has 0 saturated carbocycles. The maximum Gasteiger partial charge on any atom is 0.254 e. The summed E-state index contributed by atoms with van der Waals surface area (Å²) < 4.78 is 28.0. The highest BCUT2D eigenvalue weighted by Gasteiger charge is 2.29. The molecule has 194 valence electrons. The highest BCUT2D eigenvalue weighted by atomic mass is 19.1. The van der Waals surface area contributed by atoms with E-state index in [-0.39, 0.29) is 29.7 Å². The number of aryl methyl sites for hydroxylation is 3. The Labute approximate surface area is 216 Å². The Hall–Kier alpha value is -3.68. The zero-order valence-electron chi connectivity index (χ0n) is 21.5. The van der Waals surface area contributed by atoms with Gasteiger partial charge in [-0.3, -0.25) is 9.59 Å². The lowest BCUT2D eigenvalue weighted by atomic mass is 9.90. The van der Waals surface area contributed by atoms with Crippen LogP contribution in [0.25, 0.3) is 0 Å².